The summed E-state index contributed by atoms with van der Waals surface area (Å²) in [5, 5.41) is 3.09. The minimum absolute atomic E-state index is 0.104. The molecule has 1 saturated carbocycles. The Bertz CT molecular complexity index is 195. The molecule has 0 aromatic carbocycles. The first-order valence-electron chi connectivity index (χ1n) is 5.57. The van der Waals surface area contributed by atoms with Crippen molar-refractivity contribution >= 4 is 5.91 Å². The van der Waals surface area contributed by atoms with Gasteiger partial charge in [0.1, 0.15) is 0 Å². The molecule has 82 valence electrons. The van der Waals surface area contributed by atoms with Gasteiger partial charge in [-0.25, -0.2) is 0 Å². The molecular formula is C11H22N2O. The number of carbonyl (C=O) groups excluding carboxylic acids is 1. The van der Waals surface area contributed by atoms with Gasteiger partial charge < -0.3 is 11.1 Å². The molecule has 0 radical (unpaired) electrons. The lowest BCUT2D eigenvalue weighted by atomic mass is 9.90. The molecule has 14 heavy (non-hydrogen) atoms. The topological polar surface area (TPSA) is 55.1 Å². The van der Waals surface area contributed by atoms with E-state index < -0.39 is 5.41 Å². The summed E-state index contributed by atoms with van der Waals surface area (Å²) in [5.41, 5.74) is 5.13. The molecule has 0 spiro atoms. The van der Waals surface area contributed by atoms with Crippen LogP contribution in [-0.2, 0) is 4.79 Å². The van der Waals surface area contributed by atoms with Gasteiger partial charge in [0.2, 0.25) is 5.91 Å². The predicted molar refractivity (Wildman–Crippen MR) is 57.9 cm³/mol. The molecule has 3 nitrogen and oxygen atoms in total. The summed E-state index contributed by atoms with van der Waals surface area (Å²) in [6.07, 6.45) is 6.06. The van der Waals surface area contributed by atoms with Crippen LogP contribution < -0.4 is 11.1 Å². The van der Waals surface area contributed by atoms with Crippen LogP contribution in [0.4, 0.5) is 0 Å². The molecular weight excluding hydrogens is 176 g/mol. The second kappa shape index (κ2) is 4.78. The zero-order valence-electron chi connectivity index (χ0n) is 9.31. The van der Waals surface area contributed by atoms with Gasteiger partial charge in [-0.15, -0.1) is 0 Å². The minimum atomic E-state index is -0.419. The zero-order chi connectivity index (χ0) is 10.6. The SMILES string of the molecule is CC(C)(CN)C(=O)NC1CCCCC1. The lowest BCUT2D eigenvalue weighted by molar-refractivity contribution is -0.129. The first kappa shape index (κ1) is 11.5. The Morgan fingerprint density at radius 3 is 2.43 bits per heavy atom. The molecule has 3 heteroatoms. The van der Waals surface area contributed by atoms with Crippen LogP contribution >= 0.6 is 0 Å². The average molecular weight is 198 g/mol. The molecule has 1 aliphatic rings. The summed E-state index contributed by atoms with van der Waals surface area (Å²) in [7, 11) is 0. The summed E-state index contributed by atoms with van der Waals surface area (Å²) in [5.74, 6) is 0.104. The van der Waals surface area contributed by atoms with Crippen molar-refractivity contribution in [3.63, 3.8) is 0 Å². The smallest absolute Gasteiger partial charge is 0.227 e. The number of carbonyl (C=O) groups is 1. The summed E-state index contributed by atoms with van der Waals surface area (Å²) in [6, 6.07) is 0.391. The van der Waals surface area contributed by atoms with Crippen LogP contribution in [0, 0.1) is 5.41 Å². The molecule has 0 bridgehead atoms. The number of hydrogen-bond donors (Lipinski definition) is 2. The molecule has 1 fully saturated rings. The van der Waals surface area contributed by atoms with Gasteiger partial charge in [0, 0.05) is 12.6 Å². The maximum absolute atomic E-state index is 11.8. The first-order chi connectivity index (χ1) is 6.56. The van der Waals surface area contributed by atoms with Crippen molar-refractivity contribution in [2.24, 2.45) is 11.1 Å². The van der Waals surface area contributed by atoms with Gasteiger partial charge in [-0.3, -0.25) is 4.79 Å². The maximum Gasteiger partial charge on any atom is 0.227 e. The highest BCUT2D eigenvalue weighted by molar-refractivity contribution is 5.82. The van der Waals surface area contributed by atoms with E-state index in [-0.39, 0.29) is 5.91 Å². The molecule has 0 heterocycles. The van der Waals surface area contributed by atoms with Crippen molar-refractivity contribution < 1.29 is 4.79 Å². The van der Waals surface area contributed by atoms with Gasteiger partial charge in [-0.05, 0) is 26.7 Å². The van der Waals surface area contributed by atoms with Crippen molar-refractivity contribution in [3.8, 4) is 0 Å². The monoisotopic (exact) mass is 198 g/mol. The highest BCUT2D eigenvalue weighted by atomic mass is 16.2. The molecule has 1 rings (SSSR count). The Labute approximate surface area is 86.4 Å². The Kier molecular flexibility index (Phi) is 3.93. The molecule has 0 atom stereocenters. The first-order valence-corrected chi connectivity index (χ1v) is 5.57. The van der Waals surface area contributed by atoms with Crippen LogP contribution in [0.2, 0.25) is 0 Å². The van der Waals surface area contributed by atoms with Gasteiger partial charge in [-0.2, -0.15) is 0 Å². The average Bonchev–Trinajstić information content (AvgIpc) is 2.19. The van der Waals surface area contributed by atoms with E-state index in [2.05, 4.69) is 5.32 Å². The van der Waals surface area contributed by atoms with Gasteiger partial charge in [-0.1, -0.05) is 19.3 Å². The Hall–Kier alpha value is -0.570. The largest absolute Gasteiger partial charge is 0.353 e. The van der Waals surface area contributed by atoms with Crippen LogP contribution in [0.25, 0.3) is 0 Å². The summed E-state index contributed by atoms with van der Waals surface area (Å²) in [4.78, 5) is 11.8. The van der Waals surface area contributed by atoms with E-state index >= 15 is 0 Å². The van der Waals surface area contributed by atoms with Crippen molar-refractivity contribution in [2.75, 3.05) is 6.54 Å². The van der Waals surface area contributed by atoms with Crippen LogP contribution in [-0.4, -0.2) is 18.5 Å². The standard InChI is InChI=1S/C11H22N2O/c1-11(2,8-12)10(14)13-9-6-4-3-5-7-9/h9H,3-8,12H2,1-2H3,(H,13,14). The second-order valence-corrected chi connectivity index (χ2v) is 4.90. The third kappa shape index (κ3) is 2.98. The van der Waals surface area contributed by atoms with E-state index in [1.807, 2.05) is 13.8 Å². The van der Waals surface area contributed by atoms with Crippen molar-refractivity contribution in [1.82, 2.24) is 5.32 Å². The number of amides is 1. The van der Waals surface area contributed by atoms with E-state index in [0.29, 0.717) is 12.6 Å². The summed E-state index contributed by atoms with van der Waals surface area (Å²) >= 11 is 0. The molecule has 0 unspecified atom stereocenters. The van der Waals surface area contributed by atoms with Gasteiger partial charge >= 0.3 is 0 Å². The summed E-state index contributed by atoms with van der Waals surface area (Å²) in [6.45, 7) is 4.20. The second-order valence-electron chi connectivity index (χ2n) is 4.90. The van der Waals surface area contributed by atoms with Gasteiger partial charge in [0.15, 0.2) is 0 Å². The van der Waals surface area contributed by atoms with Crippen molar-refractivity contribution in [3.05, 3.63) is 0 Å². The lowest BCUT2D eigenvalue weighted by Crippen LogP contribution is -2.46. The fourth-order valence-corrected chi connectivity index (χ4v) is 1.72. The van der Waals surface area contributed by atoms with Crippen LogP contribution in [0.1, 0.15) is 46.0 Å². The van der Waals surface area contributed by atoms with Crippen LogP contribution in [0.15, 0.2) is 0 Å². The third-order valence-electron chi connectivity index (χ3n) is 3.07. The number of hydrogen-bond acceptors (Lipinski definition) is 2. The third-order valence-corrected chi connectivity index (χ3v) is 3.07. The molecule has 0 saturated heterocycles. The molecule has 0 aliphatic heterocycles. The van der Waals surface area contributed by atoms with Crippen LogP contribution in [0.3, 0.4) is 0 Å². The van der Waals surface area contributed by atoms with E-state index in [4.69, 9.17) is 5.73 Å². The summed E-state index contributed by atoms with van der Waals surface area (Å²) < 4.78 is 0. The molecule has 1 aliphatic carbocycles. The van der Waals surface area contributed by atoms with E-state index in [9.17, 15) is 4.79 Å². The highest BCUT2D eigenvalue weighted by Gasteiger charge is 2.27. The normalized spacial score (nSPS) is 19.4. The quantitative estimate of drug-likeness (QED) is 0.720. The van der Waals surface area contributed by atoms with E-state index in [1.54, 1.807) is 0 Å². The zero-order valence-corrected chi connectivity index (χ0v) is 9.31. The fraction of sp³-hybridized carbons (Fsp3) is 0.909. The molecule has 0 aromatic heterocycles. The highest BCUT2D eigenvalue weighted by Crippen LogP contribution is 2.19. The predicted octanol–water partition coefficient (Wildman–Crippen LogP) is 1.42. The fourth-order valence-electron chi connectivity index (χ4n) is 1.72. The van der Waals surface area contributed by atoms with E-state index in [0.717, 1.165) is 12.8 Å². The van der Waals surface area contributed by atoms with Gasteiger partial charge in [0.05, 0.1) is 5.41 Å². The van der Waals surface area contributed by atoms with Crippen molar-refractivity contribution in [1.29, 1.82) is 0 Å². The number of rotatable bonds is 3. The Morgan fingerprint density at radius 2 is 1.93 bits per heavy atom. The Balaban J connectivity index is 2.39. The molecule has 1 amide bonds. The lowest BCUT2D eigenvalue weighted by Gasteiger charge is -2.28. The minimum Gasteiger partial charge on any atom is -0.353 e. The Morgan fingerprint density at radius 1 is 1.36 bits per heavy atom. The van der Waals surface area contributed by atoms with Crippen LogP contribution in [0.5, 0.6) is 0 Å². The molecule has 0 aromatic rings. The number of nitrogens with one attached hydrogen (secondary N) is 1. The maximum atomic E-state index is 11.8. The molecule has 3 N–H and O–H groups in total. The van der Waals surface area contributed by atoms with E-state index in [1.165, 1.54) is 19.3 Å². The van der Waals surface area contributed by atoms with Gasteiger partial charge in [0.25, 0.3) is 0 Å². The van der Waals surface area contributed by atoms with Crippen molar-refractivity contribution in [2.45, 2.75) is 52.0 Å². The number of nitrogens with two attached hydrogens (primary N) is 1.